The number of anilines is 1. The fourth-order valence-corrected chi connectivity index (χ4v) is 2.19. The van der Waals surface area contributed by atoms with E-state index >= 15 is 0 Å². The summed E-state index contributed by atoms with van der Waals surface area (Å²) >= 11 is 0. The molecule has 0 aromatic heterocycles. The molecule has 0 aliphatic heterocycles. The van der Waals surface area contributed by atoms with E-state index in [9.17, 15) is 9.90 Å². The Kier molecular flexibility index (Phi) is 6.52. The number of hydrogen-bond donors (Lipinski definition) is 2. The zero-order chi connectivity index (χ0) is 15.1. The third-order valence-electron chi connectivity index (χ3n) is 3.30. The van der Waals surface area contributed by atoms with Crippen molar-refractivity contribution in [3.63, 3.8) is 0 Å². The molecule has 0 heterocycles. The monoisotopic (exact) mass is 278 g/mol. The van der Waals surface area contributed by atoms with Crippen LogP contribution in [0.2, 0.25) is 0 Å². The number of rotatable bonds is 8. The van der Waals surface area contributed by atoms with Gasteiger partial charge in [0.2, 0.25) is 0 Å². The van der Waals surface area contributed by atoms with E-state index in [1.54, 1.807) is 0 Å². The van der Waals surface area contributed by atoms with E-state index in [1.165, 1.54) is 5.56 Å². The Bertz CT molecular complexity index is 415. The highest BCUT2D eigenvalue weighted by Gasteiger charge is 2.19. The summed E-state index contributed by atoms with van der Waals surface area (Å²) in [5.74, 6) is -0.779. The predicted octanol–water partition coefficient (Wildman–Crippen LogP) is 2.66. The first-order valence-electron chi connectivity index (χ1n) is 7.24. The maximum atomic E-state index is 11.2. The third kappa shape index (κ3) is 5.21. The second-order valence-corrected chi connectivity index (χ2v) is 5.42. The minimum Gasteiger partial charge on any atom is -0.480 e. The first kappa shape index (κ1) is 16.5. The van der Waals surface area contributed by atoms with Gasteiger partial charge in [-0.3, -0.25) is 4.79 Å². The second kappa shape index (κ2) is 7.90. The van der Waals surface area contributed by atoms with E-state index < -0.39 is 12.0 Å². The van der Waals surface area contributed by atoms with Crippen LogP contribution in [0.5, 0.6) is 0 Å². The van der Waals surface area contributed by atoms with Crippen molar-refractivity contribution in [2.75, 3.05) is 18.0 Å². The number of carbonyl (C=O) groups is 1. The summed E-state index contributed by atoms with van der Waals surface area (Å²) in [6.45, 7) is 9.69. The van der Waals surface area contributed by atoms with Gasteiger partial charge in [-0.2, -0.15) is 0 Å². The predicted molar refractivity (Wildman–Crippen MR) is 83.4 cm³/mol. The molecule has 0 aliphatic carbocycles. The maximum absolute atomic E-state index is 11.2. The van der Waals surface area contributed by atoms with Gasteiger partial charge >= 0.3 is 5.97 Å². The lowest BCUT2D eigenvalue weighted by molar-refractivity contribution is -0.139. The Hall–Kier alpha value is -1.55. The van der Waals surface area contributed by atoms with Crippen LogP contribution in [0.3, 0.4) is 0 Å². The van der Waals surface area contributed by atoms with E-state index in [1.807, 2.05) is 13.8 Å². The Morgan fingerprint density at radius 1 is 1.30 bits per heavy atom. The molecule has 4 heteroatoms. The van der Waals surface area contributed by atoms with Crippen LogP contribution in [-0.4, -0.2) is 36.2 Å². The summed E-state index contributed by atoms with van der Waals surface area (Å²) < 4.78 is 0. The molecule has 0 aliphatic rings. The summed E-state index contributed by atoms with van der Waals surface area (Å²) in [7, 11) is 0. The topological polar surface area (TPSA) is 52.6 Å². The van der Waals surface area contributed by atoms with E-state index in [4.69, 9.17) is 0 Å². The lowest BCUT2D eigenvalue weighted by Gasteiger charge is -2.26. The van der Waals surface area contributed by atoms with Gasteiger partial charge in [0.05, 0.1) is 0 Å². The van der Waals surface area contributed by atoms with Gasteiger partial charge in [-0.1, -0.05) is 31.5 Å². The van der Waals surface area contributed by atoms with Crippen molar-refractivity contribution in [3.8, 4) is 0 Å². The summed E-state index contributed by atoms with van der Waals surface area (Å²) in [6, 6.07) is 8.02. The molecule has 0 saturated carbocycles. The number of carboxylic acids is 1. The van der Waals surface area contributed by atoms with Crippen LogP contribution in [0, 0.1) is 6.92 Å². The molecule has 0 bridgehead atoms. The molecule has 0 radical (unpaired) electrons. The average molecular weight is 278 g/mol. The van der Waals surface area contributed by atoms with Crippen LogP contribution in [0.15, 0.2) is 24.3 Å². The van der Waals surface area contributed by atoms with Gasteiger partial charge in [0, 0.05) is 24.8 Å². The van der Waals surface area contributed by atoms with E-state index in [0.29, 0.717) is 6.42 Å². The number of aliphatic carboxylic acids is 1. The van der Waals surface area contributed by atoms with Crippen molar-refractivity contribution >= 4 is 11.7 Å². The highest BCUT2D eigenvalue weighted by molar-refractivity contribution is 5.73. The molecular formula is C16H26N2O2. The van der Waals surface area contributed by atoms with Gasteiger partial charge < -0.3 is 15.3 Å². The lowest BCUT2D eigenvalue weighted by Crippen LogP contribution is -2.43. The number of aryl methyl sites for hydroxylation is 1. The van der Waals surface area contributed by atoms with Gasteiger partial charge in [-0.05, 0) is 32.4 Å². The number of nitrogens with zero attached hydrogens (tertiary/aromatic N) is 1. The van der Waals surface area contributed by atoms with Gasteiger partial charge in [0.25, 0.3) is 0 Å². The minimum atomic E-state index is -0.779. The summed E-state index contributed by atoms with van der Waals surface area (Å²) in [4.78, 5) is 13.4. The normalized spacial score (nSPS) is 12.4. The second-order valence-electron chi connectivity index (χ2n) is 5.42. The van der Waals surface area contributed by atoms with Crippen molar-refractivity contribution in [1.29, 1.82) is 0 Å². The Balaban J connectivity index is 2.63. The summed E-state index contributed by atoms with van der Waals surface area (Å²) in [5.41, 5.74) is 2.38. The Morgan fingerprint density at radius 3 is 2.35 bits per heavy atom. The summed E-state index contributed by atoms with van der Waals surface area (Å²) in [5, 5.41) is 12.3. The fourth-order valence-electron chi connectivity index (χ4n) is 2.19. The zero-order valence-electron chi connectivity index (χ0n) is 12.9. The van der Waals surface area contributed by atoms with Crippen LogP contribution in [0.1, 0.15) is 32.8 Å². The molecule has 1 rings (SSSR count). The Labute approximate surface area is 121 Å². The van der Waals surface area contributed by atoms with Crippen LogP contribution in [-0.2, 0) is 4.79 Å². The zero-order valence-corrected chi connectivity index (χ0v) is 12.9. The number of nitrogens with one attached hydrogen (secondary N) is 1. The standard InChI is InChI=1S/C16H26N2O2/c1-5-18(14-8-6-13(4)7-9-14)11-10-15(16(19)20)17-12(2)3/h6-9,12,15,17H,5,10-11H2,1-4H3,(H,19,20). The van der Waals surface area contributed by atoms with Crippen molar-refractivity contribution in [3.05, 3.63) is 29.8 Å². The SMILES string of the molecule is CCN(CCC(NC(C)C)C(=O)O)c1ccc(C)cc1. The number of hydrogen-bond acceptors (Lipinski definition) is 3. The molecule has 112 valence electrons. The molecule has 0 amide bonds. The van der Waals surface area contributed by atoms with Gasteiger partial charge in [-0.25, -0.2) is 0 Å². The number of benzene rings is 1. The molecule has 0 fully saturated rings. The minimum absolute atomic E-state index is 0.172. The first-order chi connectivity index (χ1) is 9.43. The number of carboxylic acid groups (broad SMARTS) is 1. The molecule has 1 unspecified atom stereocenters. The highest BCUT2D eigenvalue weighted by Crippen LogP contribution is 2.15. The van der Waals surface area contributed by atoms with Crippen molar-refractivity contribution < 1.29 is 9.90 Å². The van der Waals surface area contributed by atoms with E-state index in [-0.39, 0.29) is 6.04 Å². The van der Waals surface area contributed by atoms with Crippen molar-refractivity contribution in [1.82, 2.24) is 5.32 Å². The van der Waals surface area contributed by atoms with Crippen LogP contribution in [0.25, 0.3) is 0 Å². The van der Waals surface area contributed by atoms with E-state index in [0.717, 1.165) is 18.8 Å². The summed E-state index contributed by atoms with van der Waals surface area (Å²) in [6.07, 6.45) is 0.592. The van der Waals surface area contributed by atoms with E-state index in [2.05, 4.69) is 48.3 Å². The quantitative estimate of drug-likeness (QED) is 0.767. The highest BCUT2D eigenvalue weighted by atomic mass is 16.4. The fraction of sp³-hybridized carbons (Fsp3) is 0.562. The van der Waals surface area contributed by atoms with Crippen LogP contribution >= 0.6 is 0 Å². The molecule has 0 spiro atoms. The van der Waals surface area contributed by atoms with Crippen molar-refractivity contribution in [2.24, 2.45) is 0 Å². The smallest absolute Gasteiger partial charge is 0.320 e. The van der Waals surface area contributed by atoms with Gasteiger partial charge in [0.15, 0.2) is 0 Å². The molecule has 1 atom stereocenters. The van der Waals surface area contributed by atoms with Gasteiger partial charge in [0.1, 0.15) is 6.04 Å². The third-order valence-corrected chi connectivity index (χ3v) is 3.30. The molecule has 0 saturated heterocycles. The first-order valence-corrected chi connectivity index (χ1v) is 7.24. The van der Waals surface area contributed by atoms with Crippen LogP contribution < -0.4 is 10.2 Å². The largest absolute Gasteiger partial charge is 0.480 e. The lowest BCUT2D eigenvalue weighted by atomic mass is 10.1. The van der Waals surface area contributed by atoms with Crippen molar-refractivity contribution in [2.45, 2.75) is 46.2 Å². The maximum Gasteiger partial charge on any atom is 0.320 e. The molecule has 1 aromatic rings. The molecule has 1 aromatic carbocycles. The molecule has 2 N–H and O–H groups in total. The average Bonchev–Trinajstić information content (AvgIpc) is 2.39. The molecule has 20 heavy (non-hydrogen) atoms. The molecular weight excluding hydrogens is 252 g/mol. The molecule has 4 nitrogen and oxygen atoms in total. The van der Waals surface area contributed by atoms with Gasteiger partial charge in [-0.15, -0.1) is 0 Å². The Morgan fingerprint density at radius 2 is 1.90 bits per heavy atom. The van der Waals surface area contributed by atoms with Crippen LogP contribution in [0.4, 0.5) is 5.69 Å².